The van der Waals surface area contributed by atoms with Crippen molar-refractivity contribution in [1.29, 1.82) is 0 Å². The van der Waals surface area contributed by atoms with Gasteiger partial charge in [0, 0.05) is 19.5 Å². The summed E-state index contributed by atoms with van der Waals surface area (Å²) >= 11 is 0. The summed E-state index contributed by atoms with van der Waals surface area (Å²) in [6.07, 6.45) is 5.46. The van der Waals surface area contributed by atoms with Crippen LogP contribution in [0.1, 0.15) is 6.42 Å². The van der Waals surface area contributed by atoms with Gasteiger partial charge < -0.3 is 4.90 Å². The average molecular weight is 122 g/mol. The highest BCUT2D eigenvalue weighted by atomic mass is 15.2. The van der Waals surface area contributed by atoms with E-state index in [4.69, 9.17) is 0 Å². The summed E-state index contributed by atoms with van der Waals surface area (Å²) < 4.78 is 0. The van der Waals surface area contributed by atoms with Gasteiger partial charge >= 0.3 is 0 Å². The van der Waals surface area contributed by atoms with Crippen molar-refractivity contribution in [2.75, 3.05) is 19.6 Å². The molecule has 0 radical (unpaired) electrons. The molecule has 0 unspecified atom stereocenters. The van der Waals surface area contributed by atoms with Gasteiger partial charge in [0.25, 0.3) is 0 Å². The predicted molar refractivity (Wildman–Crippen MR) is 37.6 cm³/mol. The quantitative estimate of drug-likeness (QED) is 0.431. The zero-order valence-electron chi connectivity index (χ0n) is 5.38. The first-order chi connectivity index (χ1) is 4.47. The van der Waals surface area contributed by atoms with Crippen LogP contribution >= 0.6 is 0 Å². The molecule has 0 atom stereocenters. The minimum atomic E-state index is 1.01. The molecule has 0 N–H and O–H groups in total. The fraction of sp³-hybridized carbons (Fsp3) is 0.571. The highest BCUT2D eigenvalue weighted by molar-refractivity contribution is 5.86. The third-order valence-electron chi connectivity index (χ3n) is 1.82. The lowest BCUT2D eigenvalue weighted by molar-refractivity contribution is 0.493. The molecule has 2 heteroatoms. The number of rotatable bonds is 0. The Labute approximate surface area is 54.9 Å². The third kappa shape index (κ3) is 0.745. The molecule has 2 aliphatic heterocycles. The van der Waals surface area contributed by atoms with Crippen LogP contribution in [0.25, 0.3) is 0 Å². The molecule has 0 aromatic rings. The van der Waals surface area contributed by atoms with E-state index in [0.29, 0.717) is 0 Å². The zero-order chi connectivity index (χ0) is 6.10. The first kappa shape index (κ1) is 5.03. The summed E-state index contributed by atoms with van der Waals surface area (Å²) in [5.74, 6) is 1.29. The van der Waals surface area contributed by atoms with Crippen LogP contribution in [0.2, 0.25) is 0 Å². The summed E-state index contributed by atoms with van der Waals surface area (Å²) in [6, 6.07) is 0. The Hall–Kier alpha value is -0.790. The molecule has 0 aromatic heterocycles. The first-order valence-corrected chi connectivity index (χ1v) is 3.40. The molecular formula is C7H10N2. The van der Waals surface area contributed by atoms with E-state index in [9.17, 15) is 0 Å². The van der Waals surface area contributed by atoms with Gasteiger partial charge in [0.15, 0.2) is 0 Å². The highest BCUT2D eigenvalue weighted by Crippen LogP contribution is 2.09. The van der Waals surface area contributed by atoms with Crippen LogP contribution in [0.5, 0.6) is 0 Å². The second kappa shape index (κ2) is 1.87. The Morgan fingerprint density at radius 3 is 3.33 bits per heavy atom. The Bertz CT molecular complexity index is 170. The predicted octanol–water partition coefficient (Wildman–Crippen LogP) is 0.660. The van der Waals surface area contributed by atoms with Gasteiger partial charge in [0.05, 0.1) is 6.54 Å². The lowest BCUT2D eigenvalue weighted by Gasteiger charge is -2.20. The van der Waals surface area contributed by atoms with Gasteiger partial charge in [0.1, 0.15) is 5.84 Å². The molecule has 2 rings (SSSR count). The normalized spacial score (nSPS) is 24.0. The van der Waals surface area contributed by atoms with Crippen molar-refractivity contribution in [3.05, 3.63) is 12.2 Å². The van der Waals surface area contributed by atoms with Crippen molar-refractivity contribution in [3.63, 3.8) is 0 Å². The second-order valence-corrected chi connectivity index (χ2v) is 2.42. The van der Waals surface area contributed by atoms with Gasteiger partial charge in [-0.15, -0.1) is 0 Å². The van der Waals surface area contributed by atoms with Crippen molar-refractivity contribution in [2.45, 2.75) is 6.42 Å². The highest BCUT2D eigenvalue weighted by Gasteiger charge is 2.15. The van der Waals surface area contributed by atoms with Gasteiger partial charge in [-0.05, 0) is 0 Å². The largest absolute Gasteiger partial charge is 0.355 e. The van der Waals surface area contributed by atoms with E-state index in [1.807, 2.05) is 0 Å². The molecule has 0 fully saturated rings. The molecule has 2 nitrogen and oxygen atoms in total. The van der Waals surface area contributed by atoms with Gasteiger partial charge in [0.2, 0.25) is 0 Å². The number of fused-ring (bicyclic) bond motifs is 1. The molecule has 0 saturated carbocycles. The number of nitrogens with zero attached hydrogens (tertiary/aromatic N) is 2. The zero-order valence-corrected chi connectivity index (χ0v) is 5.38. The minimum Gasteiger partial charge on any atom is -0.355 e. The summed E-state index contributed by atoms with van der Waals surface area (Å²) in [5, 5.41) is 0. The molecule has 0 amide bonds. The Kier molecular flexibility index (Phi) is 1.04. The molecule has 0 bridgehead atoms. The molecular weight excluding hydrogens is 112 g/mol. The van der Waals surface area contributed by atoms with Crippen LogP contribution in [0, 0.1) is 0 Å². The summed E-state index contributed by atoms with van der Waals surface area (Å²) in [6.45, 7) is 3.23. The standard InChI is InChI=1S/C7H10N2/c1-2-5-9-6-4-8-7(9)3-1/h1-2H,3-6H2. The van der Waals surface area contributed by atoms with E-state index in [-0.39, 0.29) is 0 Å². The van der Waals surface area contributed by atoms with Crippen LogP contribution < -0.4 is 0 Å². The molecule has 2 heterocycles. The topological polar surface area (TPSA) is 15.6 Å². The molecule has 0 aliphatic carbocycles. The van der Waals surface area contributed by atoms with Gasteiger partial charge in [-0.2, -0.15) is 0 Å². The fourth-order valence-electron chi connectivity index (χ4n) is 1.31. The average Bonchev–Trinajstić information content (AvgIpc) is 2.33. The van der Waals surface area contributed by atoms with E-state index in [2.05, 4.69) is 22.0 Å². The van der Waals surface area contributed by atoms with E-state index in [1.54, 1.807) is 0 Å². The Morgan fingerprint density at radius 2 is 2.44 bits per heavy atom. The van der Waals surface area contributed by atoms with Crippen LogP contribution in [-0.2, 0) is 0 Å². The maximum atomic E-state index is 4.35. The van der Waals surface area contributed by atoms with Crippen molar-refractivity contribution >= 4 is 5.84 Å². The monoisotopic (exact) mass is 122 g/mol. The van der Waals surface area contributed by atoms with Crippen molar-refractivity contribution in [3.8, 4) is 0 Å². The first-order valence-electron chi connectivity index (χ1n) is 3.40. The van der Waals surface area contributed by atoms with Gasteiger partial charge in [-0.3, -0.25) is 4.99 Å². The minimum absolute atomic E-state index is 1.01. The van der Waals surface area contributed by atoms with Crippen LogP contribution in [0.4, 0.5) is 0 Å². The molecule has 0 spiro atoms. The Morgan fingerprint density at radius 1 is 1.44 bits per heavy atom. The lowest BCUT2D eigenvalue weighted by atomic mass is 10.2. The molecule has 0 aromatic carbocycles. The summed E-state index contributed by atoms with van der Waals surface area (Å²) in [5.41, 5.74) is 0. The molecule has 48 valence electrons. The second-order valence-electron chi connectivity index (χ2n) is 2.42. The smallest absolute Gasteiger partial charge is 0.103 e. The number of hydrogen-bond acceptors (Lipinski definition) is 2. The van der Waals surface area contributed by atoms with Crippen LogP contribution in [0.15, 0.2) is 17.1 Å². The van der Waals surface area contributed by atoms with Crippen molar-refractivity contribution in [2.24, 2.45) is 4.99 Å². The van der Waals surface area contributed by atoms with Crippen molar-refractivity contribution in [1.82, 2.24) is 4.90 Å². The maximum Gasteiger partial charge on any atom is 0.103 e. The number of hydrogen-bond donors (Lipinski definition) is 0. The summed E-state index contributed by atoms with van der Waals surface area (Å²) in [4.78, 5) is 6.68. The van der Waals surface area contributed by atoms with Crippen molar-refractivity contribution < 1.29 is 0 Å². The van der Waals surface area contributed by atoms with E-state index >= 15 is 0 Å². The maximum absolute atomic E-state index is 4.35. The van der Waals surface area contributed by atoms with E-state index in [1.165, 1.54) is 5.84 Å². The number of aliphatic imine (C=N–C) groups is 1. The number of amidine groups is 1. The van der Waals surface area contributed by atoms with E-state index in [0.717, 1.165) is 26.1 Å². The molecule has 0 saturated heterocycles. The molecule has 2 aliphatic rings. The van der Waals surface area contributed by atoms with Crippen LogP contribution in [-0.4, -0.2) is 30.4 Å². The Balaban J connectivity index is 2.20. The third-order valence-corrected chi connectivity index (χ3v) is 1.82. The van der Waals surface area contributed by atoms with E-state index < -0.39 is 0 Å². The summed E-state index contributed by atoms with van der Waals surface area (Å²) in [7, 11) is 0. The fourth-order valence-corrected chi connectivity index (χ4v) is 1.31. The molecule has 9 heavy (non-hydrogen) atoms. The van der Waals surface area contributed by atoms with Gasteiger partial charge in [-0.1, -0.05) is 12.2 Å². The lowest BCUT2D eigenvalue weighted by Crippen LogP contribution is -2.29. The van der Waals surface area contributed by atoms with Gasteiger partial charge in [-0.25, -0.2) is 0 Å². The van der Waals surface area contributed by atoms with Crippen LogP contribution in [0.3, 0.4) is 0 Å². The SMILES string of the molecule is C1=CCN2CCN=C2C1.